The van der Waals surface area contributed by atoms with E-state index in [1.54, 1.807) is 4.90 Å². The Hall–Kier alpha value is -1.10. The number of piperidine rings is 1. The molecular weight excluding hydrogens is 232 g/mol. The number of rotatable bonds is 1. The van der Waals surface area contributed by atoms with E-state index >= 15 is 0 Å². The lowest BCUT2D eigenvalue weighted by molar-refractivity contribution is -0.140. The Balaban J connectivity index is 1.71. The minimum Gasteiger partial charge on any atom is -0.371 e. The molecule has 1 saturated carbocycles. The van der Waals surface area contributed by atoms with Gasteiger partial charge in [-0.05, 0) is 19.3 Å². The first kappa shape index (κ1) is 12.0. The number of hydrogen-bond acceptors (Lipinski definition) is 3. The second-order valence-corrected chi connectivity index (χ2v) is 5.69. The van der Waals surface area contributed by atoms with Crippen LogP contribution in [-0.4, -0.2) is 61.0 Å². The molecule has 1 aliphatic carbocycles. The van der Waals surface area contributed by atoms with Crippen molar-refractivity contribution in [2.24, 2.45) is 11.8 Å². The smallest absolute Gasteiger partial charge is 0.248 e. The van der Waals surface area contributed by atoms with Crippen molar-refractivity contribution < 1.29 is 14.3 Å². The largest absolute Gasteiger partial charge is 0.371 e. The summed E-state index contributed by atoms with van der Waals surface area (Å²) in [5, 5.41) is 0. The third-order valence-electron chi connectivity index (χ3n) is 4.41. The van der Waals surface area contributed by atoms with Gasteiger partial charge in [0.05, 0.1) is 12.6 Å². The quantitative estimate of drug-likeness (QED) is 0.665. The first-order chi connectivity index (χ1) is 8.66. The lowest BCUT2D eigenvalue weighted by atomic mass is 9.91. The van der Waals surface area contributed by atoms with Gasteiger partial charge in [-0.15, -0.1) is 0 Å². The van der Waals surface area contributed by atoms with Gasteiger partial charge in [0.1, 0.15) is 6.61 Å². The standard InChI is InChI=1S/C13H20N2O3/c1-14-11-6-15(13(17)9-2-3-9)5-4-10(11)7-18-8-12(14)16/h9-11H,2-8H2,1H3/t10-,11-/m0/s1. The van der Waals surface area contributed by atoms with Crippen molar-refractivity contribution >= 4 is 11.8 Å². The maximum atomic E-state index is 12.1. The number of likely N-dealkylation sites (tertiary alicyclic amines) is 1. The molecule has 5 nitrogen and oxygen atoms in total. The molecular formula is C13H20N2O3. The van der Waals surface area contributed by atoms with Crippen molar-refractivity contribution in [3.8, 4) is 0 Å². The van der Waals surface area contributed by atoms with Gasteiger partial charge in [0.2, 0.25) is 11.8 Å². The molecule has 3 fully saturated rings. The van der Waals surface area contributed by atoms with E-state index < -0.39 is 0 Å². The summed E-state index contributed by atoms with van der Waals surface area (Å²) in [7, 11) is 1.83. The third-order valence-corrected chi connectivity index (χ3v) is 4.41. The van der Waals surface area contributed by atoms with Gasteiger partial charge in [0.15, 0.2) is 0 Å². The van der Waals surface area contributed by atoms with Gasteiger partial charge in [0.25, 0.3) is 0 Å². The van der Waals surface area contributed by atoms with E-state index in [1.807, 2.05) is 11.9 Å². The van der Waals surface area contributed by atoms with Gasteiger partial charge in [-0.25, -0.2) is 0 Å². The van der Waals surface area contributed by atoms with E-state index in [2.05, 4.69) is 0 Å². The SMILES string of the molecule is CN1C(=O)COC[C@@H]2CCN(C(=O)C3CC3)C[C@@H]21. The average molecular weight is 252 g/mol. The van der Waals surface area contributed by atoms with Crippen LogP contribution in [0.3, 0.4) is 0 Å². The Kier molecular flexibility index (Phi) is 3.01. The zero-order valence-electron chi connectivity index (χ0n) is 10.8. The fourth-order valence-electron chi connectivity index (χ4n) is 2.99. The second-order valence-electron chi connectivity index (χ2n) is 5.69. The van der Waals surface area contributed by atoms with E-state index in [1.165, 1.54) is 0 Å². The maximum Gasteiger partial charge on any atom is 0.248 e. The van der Waals surface area contributed by atoms with Crippen molar-refractivity contribution in [1.82, 2.24) is 9.80 Å². The summed E-state index contributed by atoms with van der Waals surface area (Å²) in [4.78, 5) is 27.6. The lowest BCUT2D eigenvalue weighted by Gasteiger charge is -2.41. The summed E-state index contributed by atoms with van der Waals surface area (Å²) in [5.74, 6) is 0.969. The zero-order chi connectivity index (χ0) is 12.7. The summed E-state index contributed by atoms with van der Waals surface area (Å²) >= 11 is 0. The number of carbonyl (C=O) groups excluding carboxylic acids is 2. The van der Waals surface area contributed by atoms with Crippen LogP contribution in [0.5, 0.6) is 0 Å². The number of hydrogen-bond donors (Lipinski definition) is 0. The second kappa shape index (κ2) is 4.53. The molecule has 2 amide bonds. The van der Waals surface area contributed by atoms with Crippen LogP contribution in [0.4, 0.5) is 0 Å². The summed E-state index contributed by atoms with van der Waals surface area (Å²) in [6.07, 6.45) is 3.03. The lowest BCUT2D eigenvalue weighted by Crippen LogP contribution is -2.54. The van der Waals surface area contributed by atoms with E-state index in [4.69, 9.17) is 4.74 Å². The Labute approximate surface area is 107 Å². The fourth-order valence-corrected chi connectivity index (χ4v) is 2.99. The minimum atomic E-state index is 0.0308. The van der Waals surface area contributed by atoms with Gasteiger partial charge in [-0.2, -0.15) is 0 Å². The summed E-state index contributed by atoms with van der Waals surface area (Å²) in [5.41, 5.74) is 0. The molecule has 3 rings (SSSR count). The van der Waals surface area contributed by atoms with Crippen molar-refractivity contribution in [2.45, 2.75) is 25.3 Å². The predicted octanol–water partition coefficient (Wildman–Crippen LogP) is 0.102. The van der Waals surface area contributed by atoms with Crippen molar-refractivity contribution in [3.05, 3.63) is 0 Å². The van der Waals surface area contributed by atoms with Gasteiger partial charge < -0.3 is 14.5 Å². The van der Waals surface area contributed by atoms with Gasteiger partial charge in [0, 0.05) is 32.0 Å². The predicted molar refractivity (Wildman–Crippen MR) is 64.8 cm³/mol. The number of amides is 2. The van der Waals surface area contributed by atoms with Crippen molar-refractivity contribution in [1.29, 1.82) is 0 Å². The van der Waals surface area contributed by atoms with Gasteiger partial charge in [-0.3, -0.25) is 9.59 Å². The summed E-state index contributed by atoms with van der Waals surface area (Å²) in [6.45, 7) is 2.33. The topological polar surface area (TPSA) is 49.9 Å². The molecule has 0 aromatic rings. The molecule has 2 heterocycles. The minimum absolute atomic E-state index is 0.0308. The molecule has 0 spiro atoms. The molecule has 18 heavy (non-hydrogen) atoms. The van der Waals surface area contributed by atoms with Crippen LogP contribution in [0.15, 0.2) is 0 Å². The van der Waals surface area contributed by atoms with Crippen LogP contribution in [0, 0.1) is 11.8 Å². The number of nitrogens with zero attached hydrogens (tertiary/aromatic N) is 2. The normalized spacial score (nSPS) is 33.1. The van der Waals surface area contributed by atoms with Crippen molar-refractivity contribution in [2.75, 3.05) is 33.4 Å². The van der Waals surface area contributed by atoms with Crippen LogP contribution < -0.4 is 0 Å². The monoisotopic (exact) mass is 252 g/mol. The molecule has 2 atom stereocenters. The molecule has 2 aliphatic heterocycles. The zero-order valence-corrected chi connectivity index (χ0v) is 10.8. The highest BCUT2D eigenvalue weighted by Crippen LogP contribution is 2.33. The number of fused-ring (bicyclic) bond motifs is 1. The van der Waals surface area contributed by atoms with Crippen LogP contribution >= 0.6 is 0 Å². The van der Waals surface area contributed by atoms with E-state index in [0.717, 1.165) is 25.8 Å². The first-order valence-electron chi connectivity index (χ1n) is 6.79. The molecule has 100 valence electrons. The van der Waals surface area contributed by atoms with E-state index in [-0.39, 0.29) is 24.5 Å². The fraction of sp³-hybridized carbons (Fsp3) is 0.846. The highest BCUT2D eigenvalue weighted by molar-refractivity contribution is 5.81. The van der Waals surface area contributed by atoms with E-state index in [0.29, 0.717) is 25.0 Å². The van der Waals surface area contributed by atoms with Crippen LogP contribution in [-0.2, 0) is 14.3 Å². The Morgan fingerprint density at radius 3 is 2.83 bits per heavy atom. The summed E-state index contributed by atoms with van der Waals surface area (Å²) < 4.78 is 5.41. The Morgan fingerprint density at radius 2 is 2.11 bits per heavy atom. The van der Waals surface area contributed by atoms with Crippen molar-refractivity contribution in [3.63, 3.8) is 0 Å². The van der Waals surface area contributed by atoms with Crippen LogP contribution in [0.1, 0.15) is 19.3 Å². The molecule has 5 heteroatoms. The number of carbonyl (C=O) groups is 2. The first-order valence-corrected chi connectivity index (χ1v) is 6.79. The molecule has 0 bridgehead atoms. The number of ether oxygens (including phenoxy) is 1. The number of likely N-dealkylation sites (N-methyl/N-ethyl adjacent to an activating group) is 1. The molecule has 0 aromatic carbocycles. The maximum absolute atomic E-state index is 12.1. The van der Waals surface area contributed by atoms with Crippen LogP contribution in [0.25, 0.3) is 0 Å². The highest BCUT2D eigenvalue weighted by atomic mass is 16.5. The molecule has 0 radical (unpaired) electrons. The van der Waals surface area contributed by atoms with Crippen LogP contribution in [0.2, 0.25) is 0 Å². The molecule has 0 unspecified atom stereocenters. The Bertz CT molecular complexity index is 367. The highest BCUT2D eigenvalue weighted by Gasteiger charge is 2.41. The van der Waals surface area contributed by atoms with E-state index in [9.17, 15) is 9.59 Å². The third kappa shape index (κ3) is 2.11. The molecule has 3 aliphatic rings. The average Bonchev–Trinajstić information content (AvgIpc) is 3.21. The Morgan fingerprint density at radius 1 is 1.33 bits per heavy atom. The molecule has 0 aromatic heterocycles. The summed E-state index contributed by atoms with van der Waals surface area (Å²) in [6, 6.07) is 0.136. The molecule has 2 saturated heterocycles. The molecule has 0 N–H and O–H groups in total. The van der Waals surface area contributed by atoms with Gasteiger partial charge in [-0.1, -0.05) is 0 Å². The van der Waals surface area contributed by atoms with Gasteiger partial charge >= 0.3 is 0 Å².